The van der Waals surface area contributed by atoms with Crippen LogP contribution in [0.15, 0.2) is 181 Å². The van der Waals surface area contributed by atoms with Crippen LogP contribution in [0.2, 0.25) is 0 Å². The van der Waals surface area contributed by atoms with Gasteiger partial charge in [-0.15, -0.1) is 11.8 Å². The predicted molar refractivity (Wildman–Crippen MR) is 218 cm³/mol. The first kappa shape index (κ1) is 30.3. The summed E-state index contributed by atoms with van der Waals surface area (Å²) in [6.45, 7) is 4.75. The zero-order valence-corrected chi connectivity index (χ0v) is 29.6. The molecule has 0 amide bonds. The molecule has 0 bridgehead atoms. The summed E-state index contributed by atoms with van der Waals surface area (Å²) in [6.07, 6.45) is 9.21. The lowest BCUT2D eigenvalue weighted by Crippen LogP contribution is -2.18. The second-order valence-corrected chi connectivity index (χ2v) is 15.6. The van der Waals surface area contributed by atoms with Crippen LogP contribution in [-0.2, 0) is 5.41 Å². The smallest absolute Gasteiger partial charge is 0.0543 e. The molecule has 1 aliphatic heterocycles. The predicted octanol–water partition coefficient (Wildman–Crippen LogP) is 13.6. The molecule has 3 aliphatic rings. The van der Waals surface area contributed by atoms with Gasteiger partial charge in [0, 0.05) is 32.6 Å². The molecule has 2 heteroatoms. The third-order valence-electron chi connectivity index (χ3n) is 11.2. The van der Waals surface area contributed by atoms with Gasteiger partial charge in [0.25, 0.3) is 0 Å². The maximum Gasteiger partial charge on any atom is 0.0543 e. The van der Waals surface area contributed by atoms with Crippen molar-refractivity contribution in [2.75, 3.05) is 4.90 Å². The molecule has 0 saturated carbocycles. The lowest BCUT2D eigenvalue weighted by atomic mass is 9.82. The van der Waals surface area contributed by atoms with E-state index in [4.69, 9.17) is 0 Å². The summed E-state index contributed by atoms with van der Waals surface area (Å²) < 4.78 is 0. The number of anilines is 3. The molecule has 0 spiro atoms. The summed E-state index contributed by atoms with van der Waals surface area (Å²) in [5, 5.41) is 2.92. The van der Waals surface area contributed by atoms with E-state index in [0.29, 0.717) is 11.2 Å². The van der Waals surface area contributed by atoms with E-state index in [1.807, 2.05) is 11.8 Å². The summed E-state index contributed by atoms with van der Waals surface area (Å²) in [5.74, 6) is 0.309. The Morgan fingerprint density at radius 1 is 0.510 bits per heavy atom. The number of benzene rings is 7. The molecule has 2 aliphatic carbocycles. The van der Waals surface area contributed by atoms with Crippen molar-refractivity contribution in [1.82, 2.24) is 0 Å². The summed E-state index contributed by atoms with van der Waals surface area (Å²) in [5.41, 5.74) is 15.3. The molecule has 0 saturated heterocycles. The fourth-order valence-corrected chi connectivity index (χ4v) is 10.3. The van der Waals surface area contributed by atoms with Crippen LogP contribution in [0.25, 0.3) is 44.2 Å². The highest BCUT2D eigenvalue weighted by Crippen LogP contribution is 2.58. The van der Waals surface area contributed by atoms with E-state index in [1.165, 1.54) is 82.8 Å². The van der Waals surface area contributed by atoms with Crippen LogP contribution in [0, 0.1) is 0 Å². The van der Waals surface area contributed by atoms with Crippen LogP contribution in [0.3, 0.4) is 0 Å². The fourth-order valence-electron chi connectivity index (χ4n) is 8.90. The van der Waals surface area contributed by atoms with Crippen molar-refractivity contribution in [2.45, 2.75) is 35.3 Å². The number of fused-ring (bicyclic) bond motifs is 7. The van der Waals surface area contributed by atoms with E-state index in [9.17, 15) is 0 Å². The molecule has 10 rings (SSSR count). The third kappa shape index (κ3) is 4.63. The molecule has 0 fully saturated rings. The summed E-state index contributed by atoms with van der Waals surface area (Å²) in [4.78, 5) is 3.97. The quantitative estimate of drug-likeness (QED) is 0.179. The number of hydrogen-bond donors (Lipinski definition) is 0. The Labute approximate surface area is 304 Å². The van der Waals surface area contributed by atoms with Crippen molar-refractivity contribution < 1.29 is 0 Å². The monoisotopic (exact) mass is 671 g/mol. The normalized spacial score (nSPS) is 17.5. The Morgan fingerprint density at radius 2 is 1.14 bits per heavy atom. The second-order valence-electron chi connectivity index (χ2n) is 14.4. The highest BCUT2D eigenvalue weighted by Gasteiger charge is 2.40. The zero-order valence-electron chi connectivity index (χ0n) is 28.8. The molecule has 51 heavy (non-hydrogen) atoms. The number of hydrogen-bond acceptors (Lipinski definition) is 2. The molecule has 2 atom stereocenters. The highest BCUT2D eigenvalue weighted by atomic mass is 32.2. The van der Waals surface area contributed by atoms with Crippen LogP contribution in [0.1, 0.15) is 36.5 Å². The van der Waals surface area contributed by atoms with Gasteiger partial charge < -0.3 is 4.90 Å². The Hall–Kier alpha value is -5.57. The fraction of sp³-hybridized carbons (Fsp3) is 0.102. The number of allylic oxidation sites excluding steroid dienone is 3. The number of rotatable bonds is 5. The number of thioether (sulfide) groups is 1. The van der Waals surface area contributed by atoms with E-state index < -0.39 is 0 Å². The third-order valence-corrected chi connectivity index (χ3v) is 12.5. The van der Waals surface area contributed by atoms with Gasteiger partial charge >= 0.3 is 0 Å². The first-order chi connectivity index (χ1) is 25.1. The first-order valence-electron chi connectivity index (χ1n) is 17.9. The molecule has 7 aromatic carbocycles. The van der Waals surface area contributed by atoms with Crippen LogP contribution < -0.4 is 4.90 Å². The van der Waals surface area contributed by atoms with Gasteiger partial charge in [-0.2, -0.15) is 0 Å². The minimum absolute atomic E-state index is 0.107. The van der Waals surface area contributed by atoms with Gasteiger partial charge in [-0.1, -0.05) is 166 Å². The van der Waals surface area contributed by atoms with E-state index >= 15 is 0 Å². The van der Waals surface area contributed by atoms with Crippen molar-refractivity contribution >= 4 is 39.6 Å². The van der Waals surface area contributed by atoms with Crippen LogP contribution in [-0.4, -0.2) is 5.25 Å². The molecule has 0 N–H and O–H groups in total. The lowest BCUT2D eigenvalue weighted by Gasteiger charge is -2.33. The SMILES string of the molecule is CC1(C)c2ccccc2-c2c(N(c3ccccc3-c3cccc4cccc(-c5ccccc5)c34)c3cccc4c3C3C=CC=CC3S4)cccc21. The molecule has 0 radical (unpaired) electrons. The molecule has 1 nitrogen and oxygen atoms in total. The minimum atomic E-state index is -0.107. The van der Waals surface area contributed by atoms with Gasteiger partial charge in [-0.25, -0.2) is 0 Å². The number of nitrogens with zero attached hydrogens (tertiary/aromatic N) is 1. The van der Waals surface area contributed by atoms with Crippen molar-refractivity contribution in [1.29, 1.82) is 0 Å². The van der Waals surface area contributed by atoms with Crippen LogP contribution in [0.5, 0.6) is 0 Å². The molecule has 7 aromatic rings. The van der Waals surface area contributed by atoms with Gasteiger partial charge in [0.2, 0.25) is 0 Å². The van der Waals surface area contributed by atoms with Crippen molar-refractivity contribution in [3.63, 3.8) is 0 Å². The summed E-state index contributed by atoms with van der Waals surface area (Å²) >= 11 is 1.99. The average molecular weight is 672 g/mol. The van der Waals surface area contributed by atoms with Crippen LogP contribution >= 0.6 is 11.8 Å². The standard InChI is InChI=1S/C49H37NS/c1-49(2)39-25-9-6-21-37(39)47-40(49)26-14-28-42(47)50(43-29-15-31-45-48(43)38-22-8-11-30-44(38)51-45)41-27-10-7-20-35(41)36-24-13-19-33-18-12-23-34(46(33)36)32-16-4-3-5-17-32/h3-31,38,44H,1-2H3. The summed E-state index contributed by atoms with van der Waals surface area (Å²) in [7, 11) is 0. The minimum Gasteiger partial charge on any atom is -0.309 e. The highest BCUT2D eigenvalue weighted by molar-refractivity contribution is 8.00. The Balaban J connectivity index is 1.29. The lowest BCUT2D eigenvalue weighted by molar-refractivity contribution is 0.660. The van der Waals surface area contributed by atoms with Crippen LogP contribution in [0.4, 0.5) is 17.1 Å². The molecular formula is C49H37NS. The molecular weight excluding hydrogens is 635 g/mol. The van der Waals surface area contributed by atoms with Gasteiger partial charge in [0.15, 0.2) is 0 Å². The van der Waals surface area contributed by atoms with E-state index in [2.05, 4.69) is 195 Å². The van der Waals surface area contributed by atoms with Crippen molar-refractivity contribution in [3.8, 4) is 33.4 Å². The number of para-hydroxylation sites is 1. The van der Waals surface area contributed by atoms with Crippen molar-refractivity contribution in [3.05, 3.63) is 193 Å². The Kier molecular flexibility index (Phi) is 6.98. The maximum absolute atomic E-state index is 2.60. The molecule has 244 valence electrons. The van der Waals surface area contributed by atoms with E-state index in [-0.39, 0.29) is 5.41 Å². The molecule has 1 heterocycles. The largest absolute Gasteiger partial charge is 0.309 e. The Bertz CT molecular complexity index is 2550. The van der Waals surface area contributed by atoms with Gasteiger partial charge in [-0.05, 0) is 74.0 Å². The van der Waals surface area contributed by atoms with Crippen molar-refractivity contribution in [2.24, 2.45) is 0 Å². The second kappa shape index (κ2) is 11.8. The first-order valence-corrected chi connectivity index (χ1v) is 18.8. The molecule has 2 unspecified atom stereocenters. The zero-order chi connectivity index (χ0) is 34.1. The molecule has 0 aromatic heterocycles. The Morgan fingerprint density at radius 3 is 2.00 bits per heavy atom. The maximum atomic E-state index is 2.60. The summed E-state index contributed by atoms with van der Waals surface area (Å²) in [6, 6.07) is 56.3. The van der Waals surface area contributed by atoms with E-state index in [0.717, 1.165) is 0 Å². The van der Waals surface area contributed by atoms with Gasteiger partial charge in [0.1, 0.15) is 0 Å². The van der Waals surface area contributed by atoms with Gasteiger partial charge in [-0.3, -0.25) is 0 Å². The average Bonchev–Trinajstić information content (AvgIpc) is 3.68. The topological polar surface area (TPSA) is 3.24 Å². The van der Waals surface area contributed by atoms with E-state index in [1.54, 1.807) is 0 Å². The van der Waals surface area contributed by atoms with Gasteiger partial charge in [0.05, 0.1) is 17.1 Å².